The van der Waals surface area contributed by atoms with E-state index in [2.05, 4.69) is 0 Å². The summed E-state index contributed by atoms with van der Waals surface area (Å²) in [5.41, 5.74) is -0.191. The Morgan fingerprint density at radius 1 is 1.42 bits per heavy atom. The monoisotopic (exact) mass is 207 g/mol. The minimum Gasteiger partial charge on any atom is -0.379 e. The molecule has 0 aliphatic carbocycles. The van der Waals surface area contributed by atoms with Crippen molar-refractivity contribution in [1.29, 1.82) is 0 Å². The average Bonchev–Trinajstić information content (AvgIpc) is 1.97. The summed E-state index contributed by atoms with van der Waals surface area (Å²) in [6, 6.07) is 0. The van der Waals surface area contributed by atoms with E-state index in [0.717, 1.165) is 0 Å². The molecular formula is C7H16O3PSi+. The second-order valence-corrected chi connectivity index (χ2v) is 9.54. The second kappa shape index (κ2) is 4.85. The number of hydrogen-bond donors (Lipinski definition) is 0. The van der Waals surface area contributed by atoms with Crippen LogP contribution in [-0.2, 0) is 13.8 Å². The largest absolute Gasteiger partial charge is 0.441 e. The van der Waals surface area contributed by atoms with Gasteiger partial charge in [-0.15, -0.1) is 0 Å². The van der Waals surface area contributed by atoms with Gasteiger partial charge in [-0.25, -0.2) is 4.79 Å². The Morgan fingerprint density at radius 2 is 1.92 bits per heavy atom. The molecule has 0 heterocycles. The van der Waals surface area contributed by atoms with Crippen molar-refractivity contribution < 1.29 is 13.8 Å². The van der Waals surface area contributed by atoms with Crippen LogP contribution in [0.1, 0.15) is 13.3 Å². The van der Waals surface area contributed by atoms with Crippen LogP contribution in [0.5, 0.6) is 0 Å². The van der Waals surface area contributed by atoms with Crippen molar-refractivity contribution in [3.63, 3.8) is 0 Å². The molecule has 1 unspecified atom stereocenters. The summed E-state index contributed by atoms with van der Waals surface area (Å²) in [5.74, 6) is 0. The van der Waals surface area contributed by atoms with E-state index in [9.17, 15) is 9.36 Å². The third-order valence-corrected chi connectivity index (χ3v) is 3.68. The molecule has 0 aromatic rings. The van der Waals surface area contributed by atoms with E-state index in [-0.39, 0.29) is 11.9 Å². The van der Waals surface area contributed by atoms with Gasteiger partial charge in [0, 0.05) is 0 Å². The van der Waals surface area contributed by atoms with Crippen LogP contribution in [0.3, 0.4) is 0 Å². The molecule has 0 N–H and O–H groups in total. The van der Waals surface area contributed by atoms with Gasteiger partial charge < -0.3 is 4.43 Å². The Labute approximate surface area is 75.4 Å². The van der Waals surface area contributed by atoms with Crippen LogP contribution in [0.2, 0.25) is 19.6 Å². The maximum Gasteiger partial charge on any atom is 0.441 e. The third kappa shape index (κ3) is 5.58. The fourth-order valence-electron chi connectivity index (χ4n) is 0.501. The van der Waals surface area contributed by atoms with Gasteiger partial charge in [-0.2, -0.15) is 0 Å². The van der Waals surface area contributed by atoms with E-state index in [0.29, 0.717) is 6.42 Å². The Morgan fingerprint density at radius 3 is 2.25 bits per heavy atom. The van der Waals surface area contributed by atoms with Crippen LogP contribution >= 0.6 is 7.80 Å². The smallest absolute Gasteiger partial charge is 0.379 e. The van der Waals surface area contributed by atoms with Gasteiger partial charge in [0.15, 0.2) is 8.32 Å². The van der Waals surface area contributed by atoms with Crippen molar-refractivity contribution in [2.24, 2.45) is 0 Å². The SMILES string of the molecule is CCC(=O)[P+](=O)CO[Si](C)(C)C. The highest BCUT2D eigenvalue weighted by Crippen LogP contribution is 2.24. The van der Waals surface area contributed by atoms with Crippen LogP contribution in [0.15, 0.2) is 0 Å². The highest BCUT2D eigenvalue weighted by atomic mass is 31.1. The first-order chi connectivity index (χ1) is 5.37. The Bertz CT molecular complexity index is 186. The van der Waals surface area contributed by atoms with Gasteiger partial charge >= 0.3 is 13.3 Å². The summed E-state index contributed by atoms with van der Waals surface area (Å²) in [7, 11) is -3.40. The Balaban J connectivity index is 3.80. The molecule has 0 aliphatic rings. The number of carbonyl (C=O) groups excluding carboxylic acids is 1. The summed E-state index contributed by atoms with van der Waals surface area (Å²) in [5, 5.41) is 0. The highest BCUT2D eigenvalue weighted by Gasteiger charge is 2.28. The van der Waals surface area contributed by atoms with Crippen molar-refractivity contribution in [2.75, 3.05) is 6.35 Å². The van der Waals surface area contributed by atoms with E-state index in [1.165, 1.54) is 0 Å². The molecule has 0 amide bonds. The van der Waals surface area contributed by atoms with E-state index < -0.39 is 16.1 Å². The van der Waals surface area contributed by atoms with Gasteiger partial charge in [-0.3, -0.25) is 0 Å². The molecule has 0 aliphatic heterocycles. The summed E-state index contributed by atoms with van der Waals surface area (Å²) in [6.07, 6.45) is 0.446. The fourth-order valence-corrected chi connectivity index (χ4v) is 3.02. The molecule has 0 radical (unpaired) electrons. The normalized spacial score (nSPS) is 12.8. The summed E-state index contributed by atoms with van der Waals surface area (Å²) in [6.45, 7) is 7.73. The maximum atomic E-state index is 11.1. The maximum absolute atomic E-state index is 11.1. The lowest BCUT2D eigenvalue weighted by molar-refractivity contribution is -0.111. The van der Waals surface area contributed by atoms with Crippen molar-refractivity contribution in [3.05, 3.63) is 0 Å². The van der Waals surface area contributed by atoms with Crippen LogP contribution in [0, 0.1) is 0 Å². The first-order valence-corrected chi connectivity index (χ1v) is 8.83. The van der Waals surface area contributed by atoms with Crippen LogP contribution in [0.25, 0.3) is 0 Å². The molecule has 12 heavy (non-hydrogen) atoms. The molecule has 0 spiro atoms. The van der Waals surface area contributed by atoms with Gasteiger partial charge in [-0.05, 0) is 19.6 Å². The van der Waals surface area contributed by atoms with Crippen molar-refractivity contribution in [2.45, 2.75) is 33.0 Å². The molecule has 5 heteroatoms. The van der Waals surface area contributed by atoms with Gasteiger partial charge in [0.25, 0.3) is 0 Å². The van der Waals surface area contributed by atoms with Crippen LogP contribution < -0.4 is 0 Å². The molecule has 70 valence electrons. The zero-order chi connectivity index (χ0) is 9.78. The van der Waals surface area contributed by atoms with Gasteiger partial charge in [0.05, 0.1) is 6.42 Å². The summed E-state index contributed by atoms with van der Waals surface area (Å²) < 4.78 is 16.5. The molecule has 0 saturated heterocycles. The van der Waals surface area contributed by atoms with Crippen LogP contribution in [-0.4, -0.2) is 20.2 Å². The lowest BCUT2D eigenvalue weighted by Gasteiger charge is -2.11. The molecule has 0 bridgehead atoms. The van der Waals surface area contributed by atoms with E-state index in [1.807, 2.05) is 19.6 Å². The number of carbonyl (C=O) groups is 1. The molecule has 3 nitrogen and oxygen atoms in total. The second-order valence-electron chi connectivity index (χ2n) is 3.51. The van der Waals surface area contributed by atoms with Crippen molar-refractivity contribution in [1.82, 2.24) is 0 Å². The Kier molecular flexibility index (Phi) is 4.83. The predicted molar refractivity (Wildman–Crippen MR) is 52.2 cm³/mol. The van der Waals surface area contributed by atoms with Crippen molar-refractivity contribution in [3.8, 4) is 0 Å². The predicted octanol–water partition coefficient (Wildman–Crippen LogP) is 2.56. The van der Waals surface area contributed by atoms with Crippen molar-refractivity contribution >= 4 is 21.6 Å². The quantitative estimate of drug-likeness (QED) is 0.514. The van der Waals surface area contributed by atoms with E-state index in [4.69, 9.17) is 4.43 Å². The first kappa shape index (κ1) is 11.9. The van der Waals surface area contributed by atoms with Gasteiger partial charge in [0.2, 0.25) is 6.35 Å². The van der Waals surface area contributed by atoms with E-state index >= 15 is 0 Å². The number of rotatable bonds is 5. The zero-order valence-corrected chi connectivity index (χ0v) is 9.98. The van der Waals surface area contributed by atoms with E-state index in [1.54, 1.807) is 6.92 Å². The zero-order valence-electron chi connectivity index (χ0n) is 8.09. The molecule has 0 aromatic carbocycles. The lowest BCUT2D eigenvalue weighted by atomic mass is 10.6. The standard InChI is InChI=1S/C7H16O3PSi/c1-5-7(8)11(9)6-10-12(2,3)4/h5-6H2,1-4H3/q+1. The lowest BCUT2D eigenvalue weighted by Crippen LogP contribution is -2.25. The summed E-state index contributed by atoms with van der Waals surface area (Å²) in [4.78, 5) is 10.9. The fraction of sp³-hybridized carbons (Fsp3) is 0.857. The van der Waals surface area contributed by atoms with Gasteiger partial charge in [-0.1, -0.05) is 11.5 Å². The highest BCUT2D eigenvalue weighted by molar-refractivity contribution is 7.63. The molecule has 0 aromatic heterocycles. The molecule has 0 rings (SSSR count). The minimum atomic E-state index is -1.78. The Hall–Kier alpha value is -0.0531. The minimum absolute atomic E-state index is 0.109. The van der Waals surface area contributed by atoms with Gasteiger partial charge in [0.1, 0.15) is 0 Å². The molecule has 0 fully saturated rings. The molecule has 1 atom stereocenters. The first-order valence-electron chi connectivity index (χ1n) is 3.98. The average molecular weight is 207 g/mol. The third-order valence-electron chi connectivity index (χ3n) is 1.20. The topological polar surface area (TPSA) is 43.4 Å². The number of hydrogen-bond acceptors (Lipinski definition) is 3. The summed E-state index contributed by atoms with van der Waals surface area (Å²) >= 11 is 0. The molecule has 0 saturated carbocycles. The van der Waals surface area contributed by atoms with Crippen LogP contribution in [0.4, 0.5) is 0 Å². The molecular weight excluding hydrogens is 191 g/mol.